The van der Waals surface area contributed by atoms with Crippen LogP contribution in [0, 0.1) is 0 Å². The molecule has 0 bridgehead atoms. The molecule has 114 valence electrons. The van der Waals surface area contributed by atoms with E-state index in [2.05, 4.69) is 16.6 Å². The summed E-state index contributed by atoms with van der Waals surface area (Å²) in [6, 6.07) is 5.33. The van der Waals surface area contributed by atoms with Gasteiger partial charge in [0.25, 0.3) is 10.0 Å². The van der Waals surface area contributed by atoms with Gasteiger partial charge in [0.05, 0.1) is 17.7 Å². The molecule has 21 heavy (non-hydrogen) atoms. The number of hydrogen-bond donors (Lipinski definition) is 2. The molecule has 0 atom stereocenters. The number of benzene rings is 1. The molecule has 0 saturated heterocycles. The summed E-state index contributed by atoms with van der Waals surface area (Å²) in [5.74, 6) is 0.969. The maximum Gasteiger partial charge on any atom is 0.281 e. The molecule has 1 aromatic heterocycles. The summed E-state index contributed by atoms with van der Waals surface area (Å²) in [6.07, 6.45) is 3.92. The third-order valence-electron chi connectivity index (χ3n) is 2.70. The zero-order chi connectivity index (χ0) is 15.5. The van der Waals surface area contributed by atoms with Crippen LogP contribution in [0.2, 0.25) is 0 Å². The largest absolute Gasteiger partial charge is 0.397 e. The molecular formula is C13H18N4O2S2. The van der Waals surface area contributed by atoms with Gasteiger partial charge < -0.3 is 10.3 Å². The lowest BCUT2D eigenvalue weighted by Gasteiger charge is -2.10. The molecule has 0 aliphatic rings. The number of imidazole rings is 1. The van der Waals surface area contributed by atoms with Gasteiger partial charge in [-0.25, -0.2) is 4.98 Å². The number of thioether (sulfide) groups is 1. The highest BCUT2D eigenvalue weighted by Gasteiger charge is 2.18. The first kappa shape index (κ1) is 15.7. The predicted octanol–water partition coefficient (Wildman–Crippen LogP) is 2.31. The molecule has 8 heteroatoms. The van der Waals surface area contributed by atoms with Gasteiger partial charge in [-0.3, -0.25) is 4.72 Å². The number of aromatic nitrogens is 2. The second-order valence-electron chi connectivity index (χ2n) is 4.58. The third-order valence-corrected chi connectivity index (χ3v) is 5.15. The fraction of sp³-hybridized carbons (Fsp3) is 0.308. The molecule has 0 radical (unpaired) electrons. The van der Waals surface area contributed by atoms with Crippen molar-refractivity contribution in [2.45, 2.75) is 23.3 Å². The van der Waals surface area contributed by atoms with Crippen LogP contribution in [-0.2, 0) is 17.1 Å². The molecule has 1 heterocycles. The zero-order valence-electron chi connectivity index (χ0n) is 11.9. The van der Waals surface area contributed by atoms with Crippen LogP contribution in [0.5, 0.6) is 0 Å². The number of nitrogens with one attached hydrogen (secondary N) is 1. The van der Waals surface area contributed by atoms with E-state index in [9.17, 15) is 8.42 Å². The molecule has 6 nitrogen and oxygen atoms in total. The Balaban J connectivity index is 2.26. The van der Waals surface area contributed by atoms with Crippen molar-refractivity contribution in [2.24, 2.45) is 7.05 Å². The molecular weight excluding hydrogens is 308 g/mol. The van der Waals surface area contributed by atoms with Gasteiger partial charge in [-0.15, -0.1) is 11.8 Å². The van der Waals surface area contributed by atoms with Gasteiger partial charge in [0.15, 0.2) is 5.03 Å². The van der Waals surface area contributed by atoms with E-state index in [0.29, 0.717) is 11.4 Å². The maximum atomic E-state index is 12.2. The number of anilines is 2. The van der Waals surface area contributed by atoms with Crippen LogP contribution in [0.4, 0.5) is 11.4 Å². The van der Waals surface area contributed by atoms with E-state index in [-0.39, 0.29) is 5.03 Å². The van der Waals surface area contributed by atoms with Gasteiger partial charge >= 0.3 is 0 Å². The van der Waals surface area contributed by atoms with E-state index < -0.39 is 10.0 Å². The van der Waals surface area contributed by atoms with Crippen LogP contribution in [0.3, 0.4) is 0 Å². The van der Waals surface area contributed by atoms with Gasteiger partial charge in [0.1, 0.15) is 0 Å². The van der Waals surface area contributed by atoms with Crippen LogP contribution in [0.1, 0.15) is 13.3 Å². The number of sulfonamides is 1. The number of aryl methyl sites for hydroxylation is 1. The first-order chi connectivity index (χ1) is 9.92. The van der Waals surface area contributed by atoms with Crippen LogP contribution < -0.4 is 10.5 Å². The van der Waals surface area contributed by atoms with Gasteiger partial charge in [-0.1, -0.05) is 6.92 Å². The highest BCUT2D eigenvalue weighted by atomic mass is 32.2. The van der Waals surface area contributed by atoms with E-state index in [1.165, 1.54) is 12.5 Å². The van der Waals surface area contributed by atoms with Crippen molar-refractivity contribution < 1.29 is 8.42 Å². The summed E-state index contributed by atoms with van der Waals surface area (Å²) in [7, 11) is -2.01. The summed E-state index contributed by atoms with van der Waals surface area (Å²) in [5.41, 5.74) is 6.61. The predicted molar refractivity (Wildman–Crippen MR) is 85.9 cm³/mol. The van der Waals surface area contributed by atoms with E-state index in [1.807, 2.05) is 6.07 Å². The van der Waals surface area contributed by atoms with Crippen LogP contribution in [0.15, 0.2) is 40.6 Å². The molecule has 0 amide bonds. The van der Waals surface area contributed by atoms with Crippen molar-refractivity contribution >= 4 is 33.2 Å². The molecule has 0 saturated carbocycles. The summed E-state index contributed by atoms with van der Waals surface area (Å²) in [4.78, 5) is 4.83. The van der Waals surface area contributed by atoms with Crippen molar-refractivity contribution in [1.29, 1.82) is 0 Å². The van der Waals surface area contributed by atoms with E-state index in [0.717, 1.165) is 17.1 Å². The quantitative estimate of drug-likeness (QED) is 0.628. The average Bonchev–Trinajstić information content (AvgIpc) is 2.87. The molecule has 0 aliphatic carbocycles. The van der Waals surface area contributed by atoms with Crippen LogP contribution in [0.25, 0.3) is 0 Å². The molecule has 0 fully saturated rings. The lowest BCUT2D eigenvalue weighted by atomic mass is 10.3. The Morgan fingerprint density at radius 1 is 1.43 bits per heavy atom. The topological polar surface area (TPSA) is 90.0 Å². The number of nitrogen functional groups attached to an aromatic ring is 1. The van der Waals surface area contributed by atoms with Gasteiger partial charge in [-0.2, -0.15) is 8.42 Å². The van der Waals surface area contributed by atoms with E-state index in [4.69, 9.17) is 5.73 Å². The first-order valence-corrected chi connectivity index (χ1v) is 8.92. The molecule has 0 aliphatic heterocycles. The summed E-state index contributed by atoms with van der Waals surface area (Å²) in [6.45, 7) is 2.09. The number of hydrogen-bond acceptors (Lipinski definition) is 5. The standard InChI is InChI=1S/C13H18N4O2S2/c1-3-6-20-10-4-5-11(14)12(7-10)16-21(18,19)13-8-17(2)9-15-13/h4-5,7-9,16H,3,6,14H2,1-2H3. The fourth-order valence-corrected chi connectivity index (χ4v) is 3.53. The average molecular weight is 326 g/mol. The monoisotopic (exact) mass is 326 g/mol. The Kier molecular flexibility index (Phi) is 4.79. The van der Waals surface area contributed by atoms with Crippen LogP contribution in [-0.4, -0.2) is 23.7 Å². The molecule has 0 unspecified atom stereocenters. The minimum atomic E-state index is -3.72. The summed E-state index contributed by atoms with van der Waals surface area (Å²) < 4.78 is 28.6. The zero-order valence-corrected chi connectivity index (χ0v) is 13.5. The molecule has 2 aromatic rings. The minimum absolute atomic E-state index is 0.0315. The fourth-order valence-electron chi connectivity index (χ4n) is 1.66. The molecule has 0 spiro atoms. The Hall–Kier alpha value is -1.67. The van der Waals surface area contributed by atoms with Gasteiger partial charge in [0, 0.05) is 18.1 Å². The SMILES string of the molecule is CCCSc1ccc(N)c(NS(=O)(=O)c2cn(C)cn2)c1. The highest BCUT2D eigenvalue weighted by Crippen LogP contribution is 2.28. The van der Waals surface area contributed by atoms with Gasteiger partial charge in [0.2, 0.25) is 0 Å². The third kappa shape index (κ3) is 3.92. The lowest BCUT2D eigenvalue weighted by molar-refractivity contribution is 0.598. The van der Waals surface area contributed by atoms with Crippen LogP contribution >= 0.6 is 11.8 Å². The van der Waals surface area contributed by atoms with Crippen molar-refractivity contribution in [3.8, 4) is 0 Å². The van der Waals surface area contributed by atoms with Gasteiger partial charge in [-0.05, 0) is 30.4 Å². The lowest BCUT2D eigenvalue weighted by Crippen LogP contribution is -2.14. The Morgan fingerprint density at radius 3 is 2.81 bits per heavy atom. The summed E-state index contributed by atoms with van der Waals surface area (Å²) in [5, 5.41) is -0.0315. The van der Waals surface area contributed by atoms with E-state index in [1.54, 1.807) is 35.5 Å². The minimum Gasteiger partial charge on any atom is -0.397 e. The molecule has 3 N–H and O–H groups in total. The first-order valence-electron chi connectivity index (χ1n) is 6.45. The Bertz CT molecular complexity index is 726. The maximum absolute atomic E-state index is 12.2. The van der Waals surface area contributed by atoms with E-state index >= 15 is 0 Å². The Morgan fingerprint density at radius 2 is 2.19 bits per heavy atom. The number of nitrogens with two attached hydrogens (primary N) is 1. The molecule has 2 rings (SSSR count). The Labute approximate surface area is 128 Å². The highest BCUT2D eigenvalue weighted by molar-refractivity contribution is 7.99. The van der Waals surface area contributed by atoms with Crippen molar-refractivity contribution in [3.05, 3.63) is 30.7 Å². The second-order valence-corrected chi connectivity index (χ2v) is 7.38. The summed E-state index contributed by atoms with van der Waals surface area (Å²) >= 11 is 1.66. The number of nitrogens with zero attached hydrogens (tertiary/aromatic N) is 2. The second kappa shape index (κ2) is 6.40. The normalized spacial score (nSPS) is 11.5. The number of rotatable bonds is 6. The van der Waals surface area contributed by atoms with Crippen molar-refractivity contribution in [1.82, 2.24) is 9.55 Å². The van der Waals surface area contributed by atoms with Crippen molar-refractivity contribution in [3.63, 3.8) is 0 Å². The molecule has 1 aromatic carbocycles. The van der Waals surface area contributed by atoms with Crippen molar-refractivity contribution in [2.75, 3.05) is 16.2 Å². The smallest absolute Gasteiger partial charge is 0.281 e.